The second-order valence-corrected chi connectivity index (χ2v) is 6.35. The minimum absolute atomic E-state index is 0.0293. The van der Waals surface area contributed by atoms with Crippen LogP contribution >= 0.6 is 27.3 Å². The lowest BCUT2D eigenvalue weighted by molar-refractivity contribution is -0.119. The van der Waals surface area contributed by atoms with Crippen LogP contribution in [0.2, 0.25) is 0 Å². The van der Waals surface area contributed by atoms with Gasteiger partial charge in [-0.15, -0.1) is 11.3 Å². The molecule has 2 N–H and O–H groups in total. The molecule has 0 saturated carbocycles. The van der Waals surface area contributed by atoms with Gasteiger partial charge in [-0.2, -0.15) is 0 Å². The van der Waals surface area contributed by atoms with Gasteiger partial charge in [0.25, 0.3) is 0 Å². The summed E-state index contributed by atoms with van der Waals surface area (Å²) in [7, 11) is 1.65. The first-order valence-corrected chi connectivity index (χ1v) is 8.06. The smallest absolute Gasteiger partial charge is 0.224 e. The number of hydrogen-bond acceptors (Lipinski definition) is 3. The predicted molar refractivity (Wildman–Crippen MR) is 88.3 cm³/mol. The molecule has 0 aliphatic carbocycles. The quantitative estimate of drug-likeness (QED) is 0.854. The molecule has 0 spiro atoms. The van der Waals surface area contributed by atoms with Crippen LogP contribution in [0.3, 0.4) is 0 Å². The summed E-state index contributed by atoms with van der Waals surface area (Å²) in [4.78, 5) is 12.6. The van der Waals surface area contributed by atoms with Crippen LogP contribution in [-0.4, -0.2) is 13.0 Å². The van der Waals surface area contributed by atoms with E-state index in [0.717, 1.165) is 15.7 Å². The number of hydrogen-bond donors (Lipinski definition) is 2. The number of carbonyl (C=O) groups excluding carboxylic acids is 1. The fourth-order valence-electron chi connectivity index (χ4n) is 1.92. The second kappa shape index (κ2) is 6.90. The maximum Gasteiger partial charge on any atom is 0.224 e. The van der Waals surface area contributed by atoms with Gasteiger partial charge in [-0.3, -0.25) is 4.79 Å². The molecule has 1 aromatic heterocycles. The molecular weight excluding hydrogens is 336 g/mol. The summed E-state index contributed by atoms with van der Waals surface area (Å²) in [5.74, 6) is 0.0293. The average Bonchev–Trinajstić information content (AvgIpc) is 2.87. The minimum Gasteiger partial charge on any atom is -0.378 e. The van der Waals surface area contributed by atoms with Gasteiger partial charge in [-0.1, -0.05) is 12.1 Å². The standard InChI is InChI=1S/C15H17BrN2OS/c1-10(15-13(16)7-8-20-15)18-12-5-3-11(4-6-12)9-14(19)17-2/h3-8,10,18H,9H2,1-2H3,(H,17,19). The first-order chi connectivity index (χ1) is 9.60. The van der Waals surface area contributed by atoms with Crippen LogP contribution in [-0.2, 0) is 11.2 Å². The van der Waals surface area contributed by atoms with Gasteiger partial charge in [0.1, 0.15) is 0 Å². The normalized spacial score (nSPS) is 11.9. The van der Waals surface area contributed by atoms with Crippen LogP contribution in [0.25, 0.3) is 0 Å². The number of halogens is 1. The van der Waals surface area contributed by atoms with Crippen molar-refractivity contribution in [3.8, 4) is 0 Å². The highest BCUT2D eigenvalue weighted by atomic mass is 79.9. The second-order valence-electron chi connectivity index (χ2n) is 4.55. The van der Waals surface area contributed by atoms with Crippen molar-refractivity contribution in [2.24, 2.45) is 0 Å². The van der Waals surface area contributed by atoms with Gasteiger partial charge >= 0.3 is 0 Å². The van der Waals surface area contributed by atoms with Gasteiger partial charge in [-0.05, 0) is 52.0 Å². The van der Waals surface area contributed by atoms with E-state index in [1.165, 1.54) is 4.88 Å². The predicted octanol–water partition coefficient (Wildman–Crippen LogP) is 3.97. The van der Waals surface area contributed by atoms with Crippen LogP contribution in [0, 0.1) is 0 Å². The largest absolute Gasteiger partial charge is 0.378 e. The Morgan fingerprint density at radius 2 is 2.00 bits per heavy atom. The van der Waals surface area contributed by atoms with Crippen molar-refractivity contribution >= 4 is 38.9 Å². The SMILES string of the molecule is CNC(=O)Cc1ccc(NC(C)c2sccc2Br)cc1. The number of anilines is 1. The van der Waals surface area contributed by atoms with E-state index in [9.17, 15) is 4.79 Å². The molecule has 20 heavy (non-hydrogen) atoms. The van der Waals surface area contributed by atoms with Crippen LogP contribution in [0.5, 0.6) is 0 Å². The minimum atomic E-state index is 0.0293. The maximum absolute atomic E-state index is 11.3. The fourth-order valence-corrected chi connectivity index (χ4v) is 3.65. The molecule has 106 valence electrons. The molecule has 1 aromatic carbocycles. The third-order valence-corrected chi connectivity index (χ3v) is 5.07. The fraction of sp³-hybridized carbons (Fsp3) is 0.267. The van der Waals surface area contributed by atoms with Crippen molar-refractivity contribution in [1.29, 1.82) is 0 Å². The number of rotatable bonds is 5. The highest BCUT2D eigenvalue weighted by molar-refractivity contribution is 9.10. The zero-order chi connectivity index (χ0) is 14.5. The van der Waals surface area contributed by atoms with E-state index >= 15 is 0 Å². The van der Waals surface area contributed by atoms with E-state index in [1.807, 2.05) is 24.3 Å². The van der Waals surface area contributed by atoms with Gasteiger partial charge < -0.3 is 10.6 Å². The van der Waals surface area contributed by atoms with Gasteiger partial charge in [0.2, 0.25) is 5.91 Å². The van der Waals surface area contributed by atoms with Crippen molar-refractivity contribution in [3.63, 3.8) is 0 Å². The highest BCUT2D eigenvalue weighted by Crippen LogP contribution is 2.31. The summed E-state index contributed by atoms with van der Waals surface area (Å²) in [6, 6.07) is 10.3. The summed E-state index contributed by atoms with van der Waals surface area (Å²) in [5.41, 5.74) is 2.07. The van der Waals surface area contributed by atoms with Gasteiger partial charge in [0, 0.05) is 22.1 Å². The molecule has 1 atom stereocenters. The third-order valence-electron chi connectivity index (χ3n) is 3.02. The van der Waals surface area contributed by atoms with E-state index in [-0.39, 0.29) is 11.9 Å². The van der Waals surface area contributed by atoms with Crippen LogP contribution < -0.4 is 10.6 Å². The molecule has 2 aromatic rings. The summed E-state index contributed by atoms with van der Waals surface area (Å²) in [5, 5.41) is 8.16. The molecule has 0 radical (unpaired) electrons. The topological polar surface area (TPSA) is 41.1 Å². The molecule has 3 nitrogen and oxygen atoms in total. The van der Waals surface area contributed by atoms with Crippen molar-refractivity contribution in [1.82, 2.24) is 5.32 Å². The third kappa shape index (κ3) is 3.84. The Morgan fingerprint density at radius 3 is 2.55 bits per heavy atom. The Bertz CT molecular complexity index is 580. The molecular formula is C15H17BrN2OS. The summed E-state index contributed by atoms with van der Waals surface area (Å²) in [6.07, 6.45) is 0.419. The zero-order valence-electron chi connectivity index (χ0n) is 11.4. The van der Waals surface area contributed by atoms with Crippen LogP contribution in [0.1, 0.15) is 23.4 Å². The Hall–Kier alpha value is -1.33. The number of benzene rings is 1. The number of carbonyl (C=O) groups is 1. The Balaban J connectivity index is 2.00. The summed E-state index contributed by atoms with van der Waals surface area (Å²) < 4.78 is 1.14. The molecule has 0 bridgehead atoms. The van der Waals surface area contributed by atoms with E-state index in [4.69, 9.17) is 0 Å². The average molecular weight is 353 g/mol. The maximum atomic E-state index is 11.3. The number of likely N-dealkylation sites (N-methyl/N-ethyl adjacent to an activating group) is 1. The Labute approximate surface area is 131 Å². The van der Waals surface area contributed by atoms with Gasteiger partial charge in [-0.25, -0.2) is 0 Å². The first kappa shape index (κ1) is 15.1. The van der Waals surface area contributed by atoms with E-state index in [2.05, 4.69) is 44.9 Å². The number of amides is 1. The lowest BCUT2D eigenvalue weighted by atomic mass is 10.1. The Kier molecular flexibility index (Phi) is 5.20. The number of thiophene rings is 1. The van der Waals surface area contributed by atoms with E-state index < -0.39 is 0 Å². The molecule has 0 saturated heterocycles. The van der Waals surface area contributed by atoms with Crippen LogP contribution in [0.15, 0.2) is 40.2 Å². The van der Waals surface area contributed by atoms with Crippen molar-refractivity contribution in [2.75, 3.05) is 12.4 Å². The van der Waals surface area contributed by atoms with Gasteiger partial charge in [0.05, 0.1) is 12.5 Å². The molecule has 5 heteroatoms. The molecule has 0 fully saturated rings. The van der Waals surface area contributed by atoms with E-state index in [0.29, 0.717) is 6.42 Å². The lowest BCUT2D eigenvalue weighted by Gasteiger charge is -2.15. The molecule has 2 rings (SSSR count). The van der Waals surface area contributed by atoms with Crippen molar-refractivity contribution < 1.29 is 4.79 Å². The molecule has 1 amide bonds. The van der Waals surface area contributed by atoms with Crippen molar-refractivity contribution in [3.05, 3.63) is 50.6 Å². The molecule has 0 aliphatic heterocycles. The number of nitrogens with one attached hydrogen (secondary N) is 2. The van der Waals surface area contributed by atoms with Crippen LogP contribution in [0.4, 0.5) is 5.69 Å². The lowest BCUT2D eigenvalue weighted by Crippen LogP contribution is -2.19. The first-order valence-electron chi connectivity index (χ1n) is 6.39. The van der Waals surface area contributed by atoms with Crippen molar-refractivity contribution in [2.45, 2.75) is 19.4 Å². The molecule has 1 unspecified atom stereocenters. The van der Waals surface area contributed by atoms with E-state index in [1.54, 1.807) is 18.4 Å². The molecule has 1 heterocycles. The summed E-state index contributed by atoms with van der Waals surface area (Å²) in [6.45, 7) is 2.13. The Morgan fingerprint density at radius 1 is 1.30 bits per heavy atom. The summed E-state index contributed by atoms with van der Waals surface area (Å²) >= 11 is 5.28. The van der Waals surface area contributed by atoms with Gasteiger partial charge in [0.15, 0.2) is 0 Å². The zero-order valence-corrected chi connectivity index (χ0v) is 13.8. The monoisotopic (exact) mass is 352 g/mol. The highest BCUT2D eigenvalue weighted by Gasteiger charge is 2.10. The molecule has 0 aliphatic rings.